The van der Waals surface area contributed by atoms with Gasteiger partial charge in [0.15, 0.2) is 0 Å². The first-order valence-corrected chi connectivity index (χ1v) is 9.49. The van der Waals surface area contributed by atoms with Crippen molar-refractivity contribution in [2.45, 2.75) is 45.1 Å². The van der Waals surface area contributed by atoms with Crippen LogP contribution in [0.15, 0.2) is 60.8 Å². The molecule has 140 valence electrons. The van der Waals surface area contributed by atoms with Gasteiger partial charge in [-0.05, 0) is 48.6 Å². The lowest BCUT2D eigenvalue weighted by Crippen LogP contribution is -2.00. The molecule has 0 aliphatic rings. The van der Waals surface area contributed by atoms with Crippen LogP contribution in [0, 0.1) is 0 Å². The number of unbranched alkanes of at least 4 members (excludes halogenated alkanes) is 3. The van der Waals surface area contributed by atoms with Crippen molar-refractivity contribution in [1.82, 2.24) is 4.98 Å². The number of pyridine rings is 1. The molecule has 4 nitrogen and oxygen atoms in total. The Morgan fingerprint density at radius 1 is 0.889 bits per heavy atom. The highest BCUT2D eigenvalue weighted by Crippen LogP contribution is 2.24. The van der Waals surface area contributed by atoms with Crippen molar-refractivity contribution in [3.8, 4) is 5.75 Å². The molecule has 0 spiro atoms. The Labute approximate surface area is 159 Å². The standard InChI is InChI=1S/C23H25NO3/c25-23(26)15-4-2-1-3-9-18-10-5-6-14-22(18)27-17-19-11-7-13-21-20(19)12-8-16-24-21/h5-8,10-14,16H,1-4,9,15,17H2,(H,25,26). The molecule has 0 amide bonds. The molecule has 3 aromatic rings. The van der Waals surface area contributed by atoms with Crippen molar-refractivity contribution in [3.63, 3.8) is 0 Å². The molecule has 0 unspecified atom stereocenters. The van der Waals surface area contributed by atoms with Crippen molar-refractivity contribution in [2.24, 2.45) is 0 Å². The lowest BCUT2D eigenvalue weighted by Gasteiger charge is -2.13. The van der Waals surface area contributed by atoms with Gasteiger partial charge in [-0.15, -0.1) is 0 Å². The molecule has 3 rings (SSSR count). The summed E-state index contributed by atoms with van der Waals surface area (Å²) in [7, 11) is 0. The number of carbonyl (C=O) groups is 1. The van der Waals surface area contributed by atoms with Crippen LogP contribution < -0.4 is 4.74 Å². The summed E-state index contributed by atoms with van der Waals surface area (Å²) < 4.78 is 6.14. The Kier molecular flexibility index (Phi) is 6.80. The molecule has 0 atom stereocenters. The zero-order valence-corrected chi connectivity index (χ0v) is 15.4. The molecule has 0 saturated heterocycles. The van der Waals surface area contributed by atoms with E-state index in [1.165, 1.54) is 5.56 Å². The van der Waals surface area contributed by atoms with E-state index in [1.807, 2.05) is 36.4 Å². The third kappa shape index (κ3) is 5.55. The number of aryl methyl sites for hydroxylation is 1. The highest BCUT2D eigenvalue weighted by Gasteiger charge is 2.06. The Hall–Kier alpha value is -2.88. The maximum atomic E-state index is 10.5. The number of aromatic nitrogens is 1. The van der Waals surface area contributed by atoms with Crippen LogP contribution in [0.1, 0.15) is 43.2 Å². The van der Waals surface area contributed by atoms with E-state index in [1.54, 1.807) is 6.20 Å². The molecule has 0 aliphatic carbocycles. The van der Waals surface area contributed by atoms with Gasteiger partial charge in [-0.25, -0.2) is 0 Å². The van der Waals surface area contributed by atoms with Crippen LogP contribution >= 0.6 is 0 Å². The van der Waals surface area contributed by atoms with Gasteiger partial charge in [0.25, 0.3) is 0 Å². The van der Waals surface area contributed by atoms with Gasteiger partial charge in [-0.1, -0.05) is 49.2 Å². The van der Waals surface area contributed by atoms with Crippen LogP contribution in [0.3, 0.4) is 0 Å². The minimum atomic E-state index is -0.711. The van der Waals surface area contributed by atoms with Gasteiger partial charge in [0.1, 0.15) is 12.4 Å². The predicted molar refractivity (Wildman–Crippen MR) is 107 cm³/mol. The van der Waals surface area contributed by atoms with Gasteiger partial charge < -0.3 is 9.84 Å². The minimum Gasteiger partial charge on any atom is -0.489 e. The summed E-state index contributed by atoms with van der Waals surface area (Å²) in [5.41, 5.74) is 3.31. The van der Waals surface area contributed by atoms with Crippen LogP contribution in [-0.4, -0.2) is 16.1 Å². The molecular formula is C23H25NO3. The Balaban J connectivity index is 1.57. The summed E-state index contributed by atoms with van der Waals surface area (Å²) in [4.78, 5) is 14.9. The van der Waals surface area contributed by atoms with Crippen molar-refractivity contribution in [2.75, 3.05) is 0 Å². The maximum Gasteiger partial charge on any atom is 0.303 e. The SMILES string of the molecule is O=C(O)CCCCCCc1ccccc1OCc1cccc2ncccc12. The normalized spacial score (nSPS) is 10.8. The van der Waals surface area contributed by atoms with Crippen LogP contribution in [0.2, 0.25) is 0 Å². The number of hydrogen-bond acceptors (Lipinski definition) is 3. The quantitative estimate of drug-likeness (QED) is 0.491. The number of carboxylic acids is 1. The summed E-state index contributed by atoms with van der Waals surface area (Å²) in [6, 6.07) is 18.3. The number of para-hydroxylation sites is 1. The van der Waals surface area contributed by atoms with E-state index in [9.17, 15) is 4.79 Å². The van der Waals surface area contributed by atoms with Gasteiger partial charge in [0.05, 0.1) is 5.52 Å². The average Bonchev–Trinajstić information content (AvgIpc) is 2.69. The van der Waals surface area contributed by atoms with Gasteiger partial charge in [-0.3, -0.25) is 9.78 Å². The number of aliphatic carboxylic acids is 1. The largest absolute Gasteiger partial charge is 0.489 e. The van der Waals surface area contributed by atoms with Crippen LogP contribution in [-0.2, 0) is 17.8 Å². The van der Waals surface area contributed by atoms with E-state index in [0.29, 0.717) is 6.61 Å². The molecule has 1 heterocycles. The molecule has 27 heavy (non-hydrogen) atoms. The minimum absolute atomic E-state index is 0.263. The topological polar surface area (TPSA) is 59.4 Å². The second-order valence-corrected chi connectivity index (χ2v) is 6.69. The molecule has 0 aliphatic heterocycles. The fraction of sp³-hybridized carbons (Fsp3) is 0.304. The fourth-order valence-corrected chi connectivity index (χ4v) is 3.24. The first kappa shape index (κ1) is 18.9. The third-order valence-corrected chi connectivity index (χ3v) is 4.68. The summed E-state index contributed by atoms with van der Waals surface area (Å²) >= 11 is 0. The molecule has 1 N–H and O–H groups in total. The number of carboxylic acid groups (broad SMARTS) is 1. The summed E-state index contributed by atoms with van der Waals surface area (Å²) in [6.45, 7) is 0.513. The van der Waals surface area contributed by atoms with Gasteiger partial charge in [0.2, 0.25) is 0 Å². The van der Waals surface area contributed by atoms with E-state index in [4.69, 9.17) is 9.84 Å². The summed E-state index contributed by atoms with van der Waals surface area (Å²) in [6.07, 6.45) is 6.80. The smallest absolute Gasteiger partial charge is 0.303 e. The number of benzene rings is 2. The first-order valence-electron chi connectivity index (χ1n) is 9.49. The van der Waals surface area contributed by atoms with E-state index in [-0.39, 0.29) is 6.42 Å². The second kappa shape index (κ2) is 9.72. The molecule has 0 bridgehead atoms. The van der Waals surface area contributed by atoms with Crippen molar-refractivity contribution >= 4 is 16.9 Å². The highest BCUT2D eigenvalue weighted by atomic mass is 16.5. The van der Waals surface area contributed by atoms with E-state index in [0.717, 1.165) is 54.3 Å². The van der Waals surface area contributed by atoms with Crippen LogP contribution in [0.4, 0.5) is 0 Å². The Morgan fingerprint density at radius 3 is 2.59 bits per heavy atom. The lowest BCUT2D eigenvalue weighted by molar-refractivity contribution is -0.137. The van der Waals surface area contributed by atoms with Gasteiger partial charge >= 0.3 is 5.97 Å². The Bertz CT molecular complexity index is 886. The molecule has 0 radical (unpaired) electrons. The second-order valence-electron chi connectivity index (χ2n) is 6.69. The van der Waals surface area contributed by atoms with Gasteiger partial charge in [0, 0.05) is 18.0 Å². The van der Waals surface area contributed by atoms with Crippen LogP contribution in [0.25, 0.3) is 10.9 Å². The van der Waals surface area contributed by atoms with E-state index >= 15 is 0 Å². The zero-order valence-electron chi connectivity index (χ0n) is 15.4. The third-order valence-electron chi connectivity index (χ3n) is 4.68. The van der Waals surface area contributed by atoms with E-state index < -0.39 is 5.97 Å². The molecule has 4 heteroatoms. The monoisotopic (exact) mass is 363 g/mol. The van der Waals surface area contributed by atoms with Crippen molar-refractivity contribution < 1.29 is 14.6 Å². The number of nitrogens with zero attached hydrogens (tertiary/aromatic N) is 1. The van der Waals surface area contributed by atoms with E-state index in [2.05, 4.69) is 23.2 Å². The number of hydrogen-bond donors (Lipinski definition) is 1. The summed E-state index contributed by atoms with van der Waals surface area (Å²) in [5, 5.41) is 9.80. The molecular weight excluding hydrogens is 338 g/mol. The average molecular weight is 363 g/mol. The van der Waals surface area contributed by atoms with Crippen molar-refractivity contribution in [3.05, 3.63) is 71.9 Å². The fourth-order valence-electron chi connectivity index (χ4n) is 3.24. The highest BCUT2D eigenvalue weighted by molar-refractivity contribution is 5.81. The molecule has 2 aromatic carbocycles. The lowest BCUT2D eigenvalue weighted by atomic mass is 10.0. The first-order chi connectivity index (χ1) is 13.2. The Morgan fingerprint density at radius 2 is 1.70 bits per heavy atom. The molecule has 1 aromatic heterocycles. The maximum absolute atomic E-state index is 10.5. The zero-order chi connectivity index (χ0) is 18.9. The summed E-state index contributed by atoms with van der Waals surface area (Å²) in [5.74, 6) is 0.210. The number of ether oxygens (including phenoxy) is 1. The molecule has 0 saturated carbocycles. The molecule has 0 fully saturated rings. The van der Waals surface area contributed by atoms with Gasteiger partial charge in [-0.2, -0.15) is 0 Å². The van der Waals surface area contributed by atoms with Crippen molar-refractivity contribution in [1.29, 1.82) is 0 Å². The predicted octanol–water partition coefficient (Wildman–Crippen LogP) is 5.39. The number of rotatable bonds is 10. The number of fused-ring (bicyclic) bond motifs is 1. The van der Waals surface area contributed by atoms with Crippen LogP contribution in [0.5, 0.6) is 5.75 Å².